The van der Waals surface area contributed by atoms with Gasteiger partial charge in [0.05, 0.1) is 11.8 Å². The largest absolute Gasteiger partial charge is 0.481 e. The lowest BCUT2D eigenvalue weighted by atomic mass is 9.82. The molecule has 2 aliphatic carbocycles. The molecule has 0 saturated heterocycles. The van der Waals surface area contributed by atoms with Gasteiger partial charge in [-0.15, -0.1) is 0 Å². The minimum Gasteiger partial charge on any atom is -0.481 e. The van der Waals surface area contributed by atoms with E-state index < -0.39 is 11.9 Å². The van der Waals surface area contributed by atoms with Crippen LogP contribution in [0.15, 0.2) is 12.2 Å². The maximum Gasteiger partial charge on any atom is 0.307 e. The number of hydrogen-bond donors (Lipinski definition) is 1. The van der Waals surface area contributed by atoms with Crippen LogP contribution in [0.25, 0.3) is 0 Å². The van der Waals surface area contributed by atoms with Crippen molar-refractivity contribution in [2.75, 3.05) is 13.1 Å². The van der Waals surface area contributed by atoms with Crippen molar-refractivity contribution in [3.8, 4) is 0 Å². The molecule has 2 rings (SSSR count). The number of carboxylic acids is 1. The number of aliphatic carboxylic acids is 1. The van der Waals surface area contributed by atoms with Gasteiger partial charge in [0.2, 0.25) is 5.91 Å². The van der Waals surface area contributed by atoms with E-state index in [0.717, 1.165) is 25.8 Å². The molecular formula is C17H27NO3. The van der Waals surface area contributed by atoms with E-state index in [0.29, 0.717) is 12.5 Å². The molecule has 0 aromatic rings. The number of rotatable bonds is 7. The number of allylic oxidation sites excluding steroid dienone is 2. The van der Waals surface area contributed by atoms with Crippen LogP contribution in [0.1, 0.15) is 40.0 Å². The van der Waals surface area contributed by atoms with E-state index in [4.69, 9.17) is 0 Å². The highest BCUT2D eigenvalue weighted by molar-refractivity contribution is 5.87. The van der Waals surface area contributed by atoms with Crippen molar-refractivity contribution in [1.82, 2.24) is 4.90 Å². The summed E-state index contributed by atoms with van der Waals surface area (Å²) in [7, 11) is 0. The molecule has 4 heteroatoms. The molecule has 1 fully saturated rings. The second kappa shape index (κ2) is 6.63. The van der Waals surface area contributed by atoms with Crippen LogP contribution >= 0.6 is 0 Å². The van der Waals surface area contributed by atoms with Crippen molar-refractivity contribution in [3.63, 3.8) is 0 Å². The molecule has 0 aliphatic heterocycles. The Morgan fingerprint density at radius 2 is 1.71 bits per heavy atom. The summed E-state index contributed by atoms with van der Waals surface area (Å²) in [5.41, 5.74) is 0. The number of carbonyl (C=O) groups is 2. The first-order valence-corrected chi connectivity index (χ1v) is 8.23. The molecule has 21 heavy (non-hydrogen) atoms. The lowest BCUT2D eigenvalue weighted by Crippen LogP contribution is -2.44. The highest BCUT2D eigenvalue weighted by Gasteiger charge is 2.52. The topological polar surface area (TPSA) is 57.6 Å². The Balaban J connectivity index is 2.13. The van der Waals surface area contributed by atoms with Gasteiger partial charge >= 0.3 is 5.97 Å². The molecule has 1 saturated carbocycles. The van der Waals surface area contributed by atoms with Gasteiger partial charge in [0, 0.05) is 13.1 Å². The van der Waals surface area contributed by atoms with E-state index in [9.17, 15) is 14.7 Å². The normalized spacial score (nSPS) is 30.1. The van der Waals surface area contributed by atoms with Crippen molar-refractivity contribution >= 4 is 11.9 Å². The van der Waals surface area contributed by atoms with Gasteiger partial charge in [-0.25, -0.2) is 0 Å². The van der Waals surface area contributed by atoms with Crippen LogP contribution in [0.2, 0.25) is 0 Å². The van der Waals surface area contributed by atoms with Gasteiger partial charge in [0.1, 0.15) is 0 Å². The fourth-order valence-electron chi connectivity index (χ4n) is 3.94. The molecule has 0 spiro atoms. The Kier molecular flexibility index (Phi) is 5.07. The SMILES string of the molecule is CCC(CC)CN(CC)C(=O)[C@H]1C2C=CC(C2)[C@H]1C(=O)O. The van der Waals surface area contributed by atoms with E-state index >= 15 is 0 Å². The van der Waals surface area contributed by atoms with Crippen LogP contribution in [0.4, 0.5) is 0 Å². The monoisotopic (exact) mass is 293 g/mol. The number of carboxylic acid groups (broad SMARTS) is 1. The maximum absolute atomic E-state index is 12.9. The quantitative estimate of drug-likeness (QED) is 0.734. The van der Waals surface area contributed by atoms with Gasteiger partial charge in [-0.3, -0.25) is 9.59 Å². The van der Waals surface area contributed by atoms with Gasteiger partial charge in [-0.05, 0) is 31.1 Å². The minimum absolute atomic E-state index is 0.0494. The molecule has 2 unspecified atom stereocenters. The molecule has 0 aromatic carbocycles. The summed E-state index contributed by atoms with van der Waals surface area (Å²) in [4.78, 5) is 26.3. The molecular weight excluding hydrogens is 266 g/mol. The third-order valence-electron chi connectivity index (χ3n) is 5.36. The first kappa shape index (κ1) is 16.1. The molecule has 118 valence electrons. The Morgan fingerprint density at radius 1 is 1.14 bits per heavy atom. The smallest absolute Gasteiger partial charge is 0.307 e. The number of nitrogens with zero attached hydrogens (tertiary/aromatic N) is 1. The maximum atomic E-state index is 12.9. The van der Waals surface area contributed by atoms with Gasteiger partial charge in [-0.2, -0.15) is 0 Å². The number of hydrogen-bond acceptors (Lipinski definition) is 2. The number of fused-ring (bicyclic) bond motifs is 2. The molecule has 1 N–H and O–H groups in total. The summed E-state index contributed by atoms with van der Waals surface area (Å²) in [5.74, 6) is -0.966. The Morgan fingerprint density at radius 3 is 2.19 bits per heavy atom. The summed E-state index contributed by atoms with van der Waals surface area (Å²) in [6.45, 7) is 7.70. The van der Waals surface area contributed by atoms with E-state index in [1.54, 1.807) is 0 Å². The molecule has 0 aromatic heterocycles. The fourth-order valence-corrected chi connectivity index (χ4v) is 3.94. The Hall–Kier alpha value is -1.32. The van der Waals surface area contributed by atoms with E-state index in [1.165, 1.54) is 0 Å². The lowest BCUT2D eigenvalue weighted by molar-refractivity contribution is -0.151. The first-order chi connectivity index (χ1) is 10.0. The third-order valence-corrected chi connectivity index (χ3v) is 5.36. The molecule has 1 amide bonds. The minimum atomic E-state index is -0.816. The Bertz CT molecular complexity index is 428. The summed E-state index contributed by atoms with van der Waals surface area (Å²) >= 11 is 0. The summed E-state index contributed by atoms with van der Waals surface area (Å²) in [6, 6.07) is 0. The average molecular weight is 293 g/mol. The zero-order valence-electron chi connectivity index (χ0n) is 13.3. The molecule has 0 heterocycles. The fraction of sp³-hybridized carbons (Fsp3) is 0.765. The molecule has 2 bridgehead atoms. The number of amides is 1. The standard InChI is InChI=1S/C17H27NO3/c1-4-11(5-2)10-18(6-3)16(19)14-12-7-8-13(9-12)15(14)17(20)21/h7-8,11-15H,4-6,9-10H2,1-3H3,(H,20,21)/t12?,13?,14-,15+/m0/s1. The average Bonchev–Trinajstić information content (AvgIpc) is 3.08. The second-order valence-corrected chi connectivity index (χ2v) is 6.40. The molecule has 0 radical (unpaired) electrons. The molecule has 4 nitrogen and oxygen atoms in total. The van der Waals surface area contributed by atoms with Crippen molar-refractivity contribution in [3.05, 3.63) is 12.2 Å². The Labute approximate surface area is 127 Å². The van der Waals surface area contributed by atoms with Gasteiger partial charge in [0.25, 0.3) is 0 Å². The lowest BCUT2D eigenvalue weighted by Gasteiger charge is -2.32. The first-order valence-electron chi connectivity index (χ1n) is 8.23. The molecule has 4 atom stereocenters. The van der Waals surface area contributed by atoms with Gasteiger partial charge in [0.15, 0.2) is 0 Å². The highest BCUT2D eigenvalue weighted by atomic mass is 16.4. The summed E-state index contributed by atoms with van der Waals surface area (Å²) in [6.07, 6.45) is 6.98. The van der Waals surface area contributed by atoms with E-state index in [1.807, 2.05) is 17.9 Å². The summed E-state index contributed by atoms with van der Waals surface area (Å²) < 4.78 is 0. The van der Waals surface area contributed by atoms with Crippen molar-refractivity contribution in [1.29, 1.82) is 0 Å². The molecule has 2 aliphatic rings. The van der Waals surface area contributed by atoms with Crippen molar-refractivity contribution in [2.24, 2.45) is 29.6 Å². The number of carbonyl (C=O) groups excluding carboxylic acids is 1. The zero-order valence-corrected chi connectivity index (χ0v) is 13.3. The highest BCUT2D eigenvalue weighted by Crippen LogP contribution is 2.48. The van der Waals surface area contributed by atoms with Crippen molar-refractivity contribution < 1.29 is 14.7 Å². The van der Waals surface area contributed by atoms with E-state index in [2.05, 4.69) is 19.9 Å². The van der Waals surface area contributed by atoms with Gasteiger partial charge < -0.3 is 10.0 Å². The third kappa shape index (κ3) is 2.99. The predicted molar refractivity (Wildman–Crippen MR) is 81.7 cm³/mol. The van der Waals surface area contributed by atoms with Crippen LogP contribution in [0.3, 0.4) is 0 Å². The van der Waals surface area contributed by atoms with Crippen LogP contribution in [-0.4, -0.2) is 35.0 Å². The summed E-state index contributed by atoms with van der Waals surface area (Å²) in [5, 5.41) is 9.48. The second-order valence-electron chi connectivity index (χ2n) is 6.40. The van der Waals surface area contributed by atoms with Crippen LogP contribution in [0, 0.1) is 29.6 Å². The van der Waals surface area contributed by atoms with Gasteiger partial charge in [-0.1, -0.05) is 38.8 Å². The van der Waals surface area contributed by atoms with Crippen molar-refractivity contribution in [2.45, 2.75) is 40.0 Å². The van der Waals surface area contributed by atoms with Crippen LogP contribution < -0.4 is 0 Å². The van der Waals surface area contributed by atoms with Crippen LogP contribution in [0.5, 0.6) is 0 Å². The van der Waals surface area contributed by atoms with Crippen LogP contribution in [-0.2, 0) is 9.59 Å². The predicted octanol–water partition coefficient (Wildman–Crippen LogP) is 2.79. The zero-order chi connectivity index (χ0) is 15.6. The van der Waals surface area contributed by atoms with E-state index in [-0.39, 0.29) is 23.7 Å².